The molecule has 21 heavy (non-hydrogen) atoms. The van der Waals surface area contributed by atoms with Crippen molar-refractivity contribution in [3.05, 3.63) is 34.9 Å². The predicted molar refractivity (Wildman–Crippen MR) is 76.2 cm³/mol. The highest BCUT2D eigenvalue weighted by Crippen LogP contribution is 2.23. The third-order valence-corrected chi connectivity index (χ3v) is 4.10. The Morgan fingerprint density at radius 1 is 1.24 bits per heavy atom. The van der Waals surface area contributed by atoms with Crippen LogP contribution in [0, 0.1) is 0 Å². The zero-order valence-electron chi connectivity index (χ0n) is 12.0. The average molecular weight is 287 g/mol. The molecule has 0 aliphatic carbocycles. The first kappa shape index (κ1) is 13.8. The van der Waals surface area contributed by atoms with E-state index in [0.717, 1.165) is 18.0 Å². The number of nitrogens with zero attached hydrogens (tertiary/aromatic N) is 2. The molecule has 1 fully saturated rings. The molecule has 0 bridgehead atoms. The van der Waals surface area contributed by atoms with Crippen LogP contribution in [0.15, 0.2) is 18.2 Å². The first-order chi connectivity index (χ1) is 10.0. The molecule has 3 amide bonds. The molecule has 0 saturated carbocycles. The average Bonchev–Trinajstić information content (AvgIpc) is 2.71. The van der Waals surface area contributed by atoms with Gasteiger partial charge in [-0.2, -0.15) is 0 Å². The van der Waals surface area contributed by atoms with Crippen molar-refractivity contribution in [2.45, 2.75) is 13.0 Å². The van der Waals surface area contributed by atoms with Gasteiger partial charge in [0.1, 0.15) is 0 Å². The van der Waals surface area contributed by atoms with Crippen molar-refractivity contribution in [1.82, 2.24) is 15.1 Å². The summed E-state index contributed by atoms with van der Waals surface area (Å²) < 4.78 is 0. The summed E-state index contributed by atoms with van der Waals surface area (Å²) in [5, 5.41) is 3.23. The second kappa shape index (κ2) is 4.96. The first-order valence-corrected chi connectivity index (χ1v) is 6.99. The van der Waals surface area contributed by atoms with Gasteiger partial charge in [0, 0.05) is 38.3 Å². The number of fused-ring (bicyclic) bond motifs is 1. The van der Waals surface area contributed by atoms with Crippen LogP contribution in [0.1, 0.15) is 38.0 Å². The monoisotopic (exact) mass is 287 g/mol. The lowest BCUT2D eigenvalue weighted by Gasteiger charge is -2.34. The van der Waals surface area contributed by atoms with Crippen molar-refractivity contribution < 1.29 is 14.4 Å². The Labute approximate surface area is 122 Å². The highest BCUT2D eigenvalue weighted by Gasteiger charge is 2.34. The number of rotatable bonds is 1. The zero-order valence-corrected chi connectivity index (χ0v) is 12.0. The van der Waals surface area contributed by atoms with E-state index in [9.17, 15) is 14.4 Å². The van der Waals surface area contributed by atoms with Crippen molar-refractivity contribution in [3.8, 4) is 0 Å². The third kappa shape index (κ3) is 2.12. The number of amides is 3. The van der Waals surface area contributed by atoms with Gasteiger partial charge in [-0.05, 0) is 25.1 Å². The minimum Gasteiger partial charge on any atom is -0.333 e. The summed E-state index contributed by atoms with van der Waals surface area (Å²) in [7, 11) is 1.45. The maximum atomic E-state index is 12.6. The van der Waals surface area contributed by atoms with Crippen LogP contribution in [0.3, 0.4) is 0 Å². The molecule has 110 valence electrons. The van der Waals surface area contributed by atoms with Crippen molar-refractivity contribution in [2.75, 3.05) is 26.7 Å². The van der Waals surface area contributed by atoms with E-state index >= 15 is 0 Å². The maximum Gasteiger partial charge on any atom is 0.261 e. The molecule has 0 spiro atoms. The highest BCUT2D eigenvalue weighted by atomic mass is 16.2. The molecule has 2 heterocycles. The molecule has 6 nitrogen and oxygen atoms in total. The Balaban J connectivity index is 1.93. The molecule has 1 aromatic rings. The molecule has 1 aromatic carbocycles. The molecular weight excluding hydrogens is 270 g/mol. The van der Waals surface area contributed by atoms with Crippen LogP contribution in [-0.4, -0.2) is 60.2 Å². The molecule has 0 unspecified atom stereocenters. The number of hydrogen-bond donors (Lipinski definition) is 1. The van der Waals surface area contributed by atoms with Crippen LogP contribution in [0.2, 0.25) is 0 Å². The minimum absolute atomic E-state index is 0.0957. The number of piperazine rings is 1. The Hall–Kier alpha value is -2.21. The maximum absolute atomic E-state index is 12.6. The van der Waals surface area contributed by atoms with E-state index in [2.05, 4.69) is 5.32 Å². The van der Waals surface area contributed by atoms with E-state index in [1.165, 1.54) is 13.1 Å². The molecule has 1 saturated heterocycles. The number of imide groups is 1. The Morgan fingerprint density at radius 2 is 1.95 bits per heavy atom. The smallest absolute Gasteiger partial charge is 0.261 e. The molecule has 1 N–H and O–H groups in total. The van der Waals surface area contributed by atoms with E-state index in [-0.39, 0.29) is 23.8 Å². The van der Waals surface area contributed by atoms with Crippen LogP contribution in [0.4, 0.5) is 0 Å². The van der Waals surface area contributed by atoms with Crippen LogP contribution in [-0.2, 0) is 0 Å². The van der Waals surface area contributed by atoms with E-state index in [1.807, 2.05) is 6.92 Å². The number of nitrogens with one attached hydrogen (secondary N) is 1. The standard InChI is InChI=1S/C15H17N3O3/c1-9-8-16-5-6-18(9)13(19)10-3-4-11-12(7-10)15(21)17(2)14(11)20/h3-4,7,9,16H,5-6,8H2,1-2H3/t9-/m1/s1. The molecule has 2 aliphatic heterocycles. The van der Waals surface area contributed by atoms with Crippen molar-refractivity contribution in [3.63, 3.8) is 0 Å². The lowest BCUT2D eigenvalue weighted by molar-refractivity contribution is 0.0654. The summed E-state index contributed by atoms with van der Waals surface area (Å²) in [6.45, 7) is 4.15. The lowest BCUT2D eigenvalue weighted by Crippen LogP contribution is -2.52. The summed E-state index contributed by atoms with van der Waals surface area (Å²) >= 11 is 0. The SMILES string of the molecule is C[C@@H]1CNCCN1C(=O)c1ccc2c(c1)C(=O)N(C)C2=O. The first-order valence-electron chi connectivity index (χ1n) is 6.99. The summed E-state index contributed by atoms with van der Waals surface area (Å²) in [5.41, 5.74) is 1.14. The second-order valence-corrected chi connectivity index (χ2v) is 5.48. The molecule has 1 atom stereocenters. The van der Waals surface area contributed by atoms with Gasteiger partial charge < -0.3 is 10.2 Å². The quantitative estimate of drug-likeness (QED) is 0.757. The van der Waals surface area contributed by atoms with Crippen LogP contribution in [0.5, 0.6) is 0 Å². The fourth-order valence-corrected chi connectivity index (χ4v) is 2.80. The van der Waals surface area contributed by atoms with E-state index in [1.54, 1.807) is 17.0 Å². The second-order valence-electron chi connectivity index (χ2n) is 5.48. The predicted octanol–water partition coefficient (Wildman–Crippen LogP) is 0.346. The Bertz CT molecular complexity index is 641. The largest absolute Gasteiger partial charge is 0.333 e. The van der Waals surface area contributed by atoms with Gasteiger partial charge >= 0.3 is 0 Å². The normalized spacial score (nSPS) is 21.7. The highest BCUT2D eigenvalue weighted by molar-refractivity contribution is 6.21. The molecule has 0 radical (unpaired) electrons. The summed E-state index contributed by atoms with van der Waals surface area (Å²) in [6.07, 6.45) is 0. The van der Waals surface area contributed by atoms with E-state index < -0.39 is 0 Å². The van der Waals surface area contributed by atoms with E-state index in [0.29, 0.717) is 23.2 Å². The van der Waals surface area contributed by atoms with Gasteiger partial charge in [0.05, 0.1) is 11.1 Å². The summed E-state index contributed by atoms with van der Waals surface area (Å²) in [5.74, 6) is -0.760. The van der Waals surface area contributed by atoms with Gasteiger partial charge in [0.2, 0.25) is 0 Å². The Kier molecular flexibility index (Phi) is 3.25. The fourth-order valence-electron chi connectivity index (χ4n) is 2.80. The number of hydrogen-bond acceptors (Lipinski definition) is 4. The fraction of sp³-hybridized carbons (Fsp3) is 0.400. The van der Waals surface area contributed by atoms with Crippen LogP contribution in [0.25, 0.3) is 0 Å². The number of benzene rings is 1. The van der Waals surface area contributed by atoms with Crippen LogP contribution < -0.4 is 5.32 Å². The van der Waals surface area contributed by atoms with Gasteiger partial charge in [-0.25, -0.2) is 0 Å². The zero-order chi connectivity index (χ0) is 15.1. The lowest BCUT2D eigenvalue weighted by atomic mass is 10.0. The topological polar surface area (TPSA) is 69.7 Å². The van der Waals surface area contributed by atoms with Crippen molar-refractivity contribution in [1.29, 1.82) is 0 Å². The van der Waals surface area contributed by atoms with Gasteiger partial charge in [-0.1, -0.05) is 0 Å². The van der Waals surface area contributed by atoms with Gasteiger partial charge in [-0.15, -0.1) is 0 Å². The summed E-state index contributed by atoms with van der Waals surface area (Å²) in [6, 6.07) is 4.84. The third-order valence-electron chi connectivity index (χ3n) is 4.10. The van der Waals surface area contributed by atoms with Crippen molar-refractivity contribution >= 4 is 17.7 Å². The van der Waals surface area contributed by atoms with Gasteiger partial charge in [0.15, 0.2) is 0 Å². The molecule has 2 aliphatic rings. The number of carbonyl (C=O) groups excluding carboxylic acids is 3. The molecule has 0 aromatic heterocycles. The number of carbonyl (C=O) groups is 3. The van der Waals surface area contributed by atoms with Gasteiger partial charge in [-0.3, -0.25) is 19.3 Å². The molecular formula is C15H17N3O3. The summed E-state index contributed by atoms with van der Waals surface area (Å²) in [4.78, 5) is 39.3. The van der Waals surface area contributed by atoms with Crippen molar-refractivity contribution in [2.24, 2.45) is 0 Å². The molecule has 3 rings (SSSR count). The molecule has 6 heteroatoms. The van der Waals surface area contributed by atoms with Gasteiger partial charge in [0.25, 0.3) is 17.7 Å². The van der Waals surface area contributed by atoms with Crippen LogP contribution >= 0.6 is 0 Å². The Morgan fingerprint density at radius 3 is 2.67 bits per heavy atom. The minimum atomic E-state index is -0.349. The van der Waals surface area contributed by atoms with E-state index in [4.69, 9.17) is 0 Å².